The number of ether oxygens (including phenoxy) is 1. The monoisotopic (exact) mass is 562 g/mol. The van der Waals surface area contributed by atoms with E-state index in [1.54, 1.807) is 30.3 Å². The van der Waals surface area contributed by atoms with E-state index in [2.05, 4.69) is 9.82 Å². The topological polar surface area (TPSA) is 59.4 Å². The summed E-state index contributed by atoms with van der Waals surface area (Å²) in [5.41, 5.74) is 3.85. The molecule has 0 bridgehead atoms. The van der Waals surface area contributed by atoms with Gasteiger partial charge in [-0.1, -0.05) is 58.5 Å². The molecule has 0 fully saturated rings. The number of urea groups is 1. The normalized spacial score (nSPS) is 14.4. The highest BCUT2D eigenvalue weighted by Crippen LogP contribution is 2.36. The maximum atomic E-state index is 12.5. The molecule has 12 heteroatoms. The zero-order valence-electron chi connectivity index (χ0n) is 17.3. The molecule has 0 radical (unpaired) electrons. The molecule has 174 valence electrons. The van der Waals surface area contributed by atoms with Gasteiger partial charge in [0.1, 0.15) is 4.34 Å². The zero-order valence-corrected chi connectivity index (χ0v) is 21.9. The van der Waals surface area contributed by atoms with Crippen molar-refractivity contribution in [2.24, 2.45) is 0 Å². The molecule has 1 N–H and O–H groups in total. The number of hydrogen-bond donors (Lipinski definition) is 1. The number of benzene rings is 1. The summed E-state index contributed by atoms with van der Waals surface area (Å²) >= 11 is 26.8. The first kappa shape index (κ1) is 24.7. The van der Waals surface area contributed by atoms with E-state index in [9.17, 15) is 4.79 Å². The number of rotatable bonds is 6. The van der Waals surface area contributed by atoms with Crippen LogP contribution in [0.1, 0.15) is 16.8 Å². The summed E-state index contributed by atoms with van der Waals surface area (Å²) < 4.78 is 11.7. The van der Waals surface area contributed by atoms with Gasteiger partial charge in [-0.25, -0.2) is 4.79 Å². The highest BCUT2D eigenvalue weighted by Gasteiger charge is 2.21. The second-order valence-electron chi connectivity index (χ2n) is 7.21. The Labute approximate surface area is 219 Å². The number of fused-ring (bicyclic) bond motifs is 1. The van der Waals surface area contributed by atoms with Crippen LogP contribution in [0.15, 0.2) is 40.7 Å². The molecular weight excluding hydrogens is 546 g/mol. The first-order valence-corrected chi connectivity index (χ1v) is 12.8. The van der Waals surface area contributed by atoms with Crippen LogP contribution in [0.4, 0.5) is 4.79 Å². The van der Waals surface area contributed by atoms with Gasteiger partial charge in [0.25, 0.3) is 0 Å². The smallest absolute Gasteiger partial charge is 0.327 e. The van der Waals surface area contributed by atoms with E-state index < -0.39 is 0 Å². The Morgan fingerprint density at radius 3 is 2.82 bits per heavy atom. The van der Waals surface area contributed by atoms with Crippen LogP contribution in [0.3, 0.4) is 0 Å². The van der Waals surface area contributed by atoms with Crippen molar-refractivity contribution in [2.75, 3.05) is 20.2 Å². The minimum atomic E-state index is -0.240. The van der Waals surface area contributed by atoms with Crippen molar-refractivity contribution in [3.63, 3.8) is 0 Å². The van der Waals surface area contributed by atoms with Gasteiger partial charge in [0.05, 0.1) is 40.9 Å². The first-order valence-electron chi connectivity index (χ1n) is 9.70. The number of likely N-dealkylation sites (N-methyl/N-ethyl adjacent to an activating group) is 1. The summed E-state index contributed by atoms with van der Waals surface area (Å²) in [6.07, 6.45) is 3.78. The molecule has 0 aliphatic carbocycles. The van der Waals surface area contributed by atoms with Crippen molar-refractivity contribution in [1.29, 1.82) is 0 Å². The molecule has 6 nitrogen and oxygen atoms in total. The minimum Gasteiger partial charge on any atom is -0.372 e. The number of carbonyl (C=O) groups is 1. The number of nitrogens with zero attached hydrogens (tertiary/aromatic N) is 3. The van der Waals surface area contributed by atoms with Gasteiger partial charge in [0.15, 0.2) is 0 Å². The van der Waals surface area contributed by atoms with E-state index in [4.69, 9.17) is 51.1 Å². The molecule has 2 amide bonds. The Kier molecular flexibility index (Phi) is 8.17. The van der Waals surface area contributed by atoms with Gasteiger partial charge < -0.3 is 9.64 Å². The fourth-order valence-electron chi connectivity index (χ4n) is 3.21. The molecule has 3 heterocycles. The van der Waals surface area contributed by atoms with Gasteiger partial charge in [-0.05, 0) is 35.7 Å². The van der Waals surface area contributed by atoms with Crippen LogP contribution in [0.25, 0.3) is 5.57 Å². The van der Waals surface area contributed by atoms with Crippen molar-refractivity contribution in [1.82, 2.24) is 19.4 Å². The van der Waals surface area contributed by atoms with E-state index >= 15 is 0 Å². The maximum absolute atomic E-state index is 12.5. The van der Waals surface area contributed by atoms with E-state index in [1.807, 2.05) is 22.9 Å². The maximum Gasteiger partial charge on any atom is 0.327 e. The van der Waals surface area contributed by atoms with Gasteiger partial charge in [-0.2, -0.15) is 5.10 Å². The third-order valence-corrected chi connectivity index (χ3v) is 8.23. The highest BCUT2D eigenvalue weighted by molar-refractivity contribution is 7.99. The molecule has 1 aliphatic heterocycles. The van der Waals surface area contributed by atoms with Crippen LogP contribution in [0.5, 0.6) is 0 Å². The van der Waals surface area contributed by atoms with Crippen LogP contribution in [0, 0.1) is 0 Å². The molecule has 4 rings (SSSR count). The number of nitrogens with one attached hydrogen (secondary N) is 1. The van der Waals surface area contributed by atoms with Gasteiger partial charge in [-0.15, -0.1) is 11.3 Å². The summed E-state index contributed by atoms with van der Waals surface area (Å²) in [6, 6.07) is 6.90. The Morgan fingerprint density at radius 1 is 1.27 bits per heavy atom. The zero-order chi connectivity index (χ0) is 23.5. The lowest BCUT2D eigenvalue weighted by Crippen LogP contribution is -2.33. The third kappa shape index (κ3) is 6.00. The second-order valence-corrected chi connectivity index (χ2v) is 11.2. The summed E-state index contributed by atoms with van der Waals surface area (Å²) in [7, 11) is 1.72. The molecule has 3 aromatic rings. The minimum absolute atomic E-state index is 0.240. The number of amides is 2. The van der Waals surface area contributed by atoms with Crippen LogP contribution in [0.2, 0.25) is 19.4 Å². The Bertz CT molecular complexity index is 1190. The lowest BCUT2D eigenvalue weighted by atomic mass is 10.1. The van der Waals surface area contributed by atoms with Crippen LogP contribution in [-0.2, 0) is 17.9 Å². The molecule has 0 spiro atoms. The molecule has 1 aromatic carbocycles. The Balaban J connectivity index is 1.44. The van der Waals surface area contributed by atoms with Gasteiger partial charge >= 0.3 is 6.03 Å². The number of halogens is 4. The van der Waals surface area contributed by atoms with Crippen LogP contribution < -0.4 is 4.72 Å². The number of carbonyl (C=O) groups excluding carboxylic acids is 1. The van der Waals surface area contributed by atoms with Gasteiger partial charge in [0.2, 0.25) is 0 Å². The van der Waals surface area contributed by atoms with Crippen LogP contribution >= 0.6 is 69.7 Å². The van der Waals surface area contributed by atoms with E-state index in [-0.39, 0.29) is 6.03 Å². The van der Waals surface area contributed by atoms with Crippen molar-refractivity contribution in [2.45, 2.75) is 17.4 Å². The van der Waals surface area contributed by atoms with Crippen molar-refractivity contribution in [3.05, 3.63) is 72.8 Å². The van der Waals surface area contributed by atoms with E-state index in [1.165, 1.54) is 23.3 Å². The quantitative estimate of drug-likeness (QED) is 0.332. The standard InChI is InChI=1S/C21H18Cl4N4O2S2/c1-28(21(30)27-33-18-7-17(24)20(25)32-18)5-4-13-10-31-11-14-8-26-29(19(13)14)9-12-2-3-15(22)6-16(12)23/h2-4,6-8H,5,9-11H2,1H3,(H,27,30)/b13-4+. The highest BCUT2D eigenvalue weighted by atomic mass is 35.5. The van der Waals surface area contributed by atoms with E-state index in [0.29, 0.717) is 45.7 Å². The molecule has 0 saturated heterocycles. The van der Waals surface area contributed by atoms with E-state index in [0.717, 1.165) is 26.6 Å². The molecule has 0 atom stereocenters. The van der Waals surface area contributed by atoms with Crippen molar-refractivity contribution < 1.29 is 9.53 Å². The van der Waals surface area contributed by atoms with Crippen molar-refractivity contribution in [3.8, 4) is 0 Å². The lowest BCUT2D eigenvalue weighted by molar-refractivity contribution is 0.145. The molecule has 0 saturated carbocycles. The lowest BCUT2D eigenvalue weighted by Gasteiger charge is -2.21. The average molecular weight is 564 g/mol. The summed E-state index contributed by atoms with van der Waals surface area (Å²) in [4.78, 5) is 14.0. The Hall–Kier alpha value is -1.39. The molecule has 33 heavy (non-hydrogen) atoms. The van der Waals surface area contributed by atoms with Gasteiger partial charge in [-0.3, -0.25) is 9.40 Å². The first-order chi connectivity index (χ1) is 15.8. The molecule has 0 unspecified atom stereocenters. The van der Waals surface area contributed by atoms with Crippen molar-refractivity contribution >= 4 is 81.3 Å². The summed E-state index contributed by atoms with van der Waals surface area (Å²) in [5.74, 6) is 0. The fourth-order valence-corrected chi connectivity index (χ4v) is 6.04. The largest absolute Gasteiger partial charge is 0.372 e. The third-order valence-electron chi connectivity index (χ3n) is 4.89. The molecule has 1 aliphatic rings. The summed E-state index contributed by atoms with van der Waals surface area (Å²) in [5, 5.41) is 6.18. The number of hydrogen-bond acceptors (Lipinski definition) is 5. The van der Waals surface area contributed by atoms with Gasteiger partial charge in [0, 0.05) is 34.8 Å². The summed E-state index contributed by atoms with van der Waals surface area (Å²) in [6.45, 7) is 1.81. The fraction of sp³-hybridized carbons (Fsp3) is 0.238. The SMILES string of the molecule is CN(C/C=C1\COCc2cnn(Cc3ccc(Cl)cc3Cl)c21)C(=O)NSc1cc(Cl)c(Cl)s1. The average Bonchev–Trinajstić information content (AvgIpc) is 3.35. The molecule has 2 aromatic heterocycles. The number of thiophene rings is 1. The molecular formula is C21H18Cl4N4O2S2. The van der Waals surface area contributed by atoms with Crippen LogP contribution in [-0.4, -0.2) is 40.9 Å². The predicted octanol–water partition coefficient (Wildman–Crippen LogP) is 6.87. The second kappa shape index (κ2) is 10.9. The number of aromatic nitrogens is 2. The predicted molar refractivity (Wildman–Crippen MR) is 137 cm³/mol. The Morgan fingerprint density at radius 2 is 2.09 bits per heavy atom.